The molecule has 1 saturated heterocycles. The summed E-state index contributed by atoms with van der Waals surface area (Å²) in [5, 5.41) is 5.72. The highest BCUT2D eigenvalue weighted by atomic mass is 16.2. The molecule has 0 spiro atoms. The molecule has 0 radical (unpaired) electrons. The number of urea groups is 1. The van der Waals surface area contributed by atoms with Crippen molar-refractivity contribution < 1.29 is 9.59 Å². The Morgan fingerprint density at radius 1 is 1.35 bits per heavy atom. The molecular weight excluding hydrogens is 292 g/mol. The predicted molar refractivity (Wildman–Crippen MR) is 90.0 cm³/mol. The summed E-state index contributed by atoms with van der Waals surface area (Å²) in [7, 11) is 2.01. The minimum atomic E-state index is -0.200. The number of likely N-dealkylation sites (tertiary alicyclic amines) is 1. The molecule has 1 aliphatic rings. The largest absolute Gasteiger partial charge is 0.337 e. The number of likely N-dealkylation sites (N-methyl/N-ethyl adjacent to an activating group) is 1. The molecule has 0 aliphatic carbocycles. The van der Waals surface area contributed by atoms with Gasteiger partial charge in [0.15, 0.2) is 0 Å². The molecule has 3 amide bonds. The van der Waals surface area contributed by atoms with Crippen molar-refractivity contribution in [2.45, 2.75) is 25.9 Å². The maximum Gasteiger partial charge on any atom is 0.315 e. The van der Waals surface area contributed by atoms with Gasteiger partial charge in [0, 0.05) is 32.6 Å². The van der Waals surface area contributed by atoms with E-state index >= 15 is 0 Å². The van der Waals surface area contributed by atoms with Gasteiger partial charge < -0.3 is 20.4 Å². The lowest BCUT2D eigenvalue weighted by atomic mass is 10.2. The van der Waals surface area contributed by atoms with Crippen LogP contribution in [0.3, 0.4) is 0 Å². The van der Waals surface area contributed by atoms with Gasteiger partial charge >= 0.3 is 6.03 Å². The van der Waals surface area contributed by atoms with E-state index < -0.39 is 0 Å². The second kappa shape index (κ2) is 8.53. The lowest BCUT2D eigenvalue weighted by molar-refractivity contribution is -0.128. The van der Waals surface area contributed by atoms with Gasteiger partial charge in [0.2, 0.25) is 5.91 Å². The van der Waals surface area contributed by atoms with E-state index in [4.69, 9.17) is 0 Å². The molecule has 1 heterocycles. The average molecular weight is 318 g/mol. The summed E-state index contributed by atoms with van der Waals surface area (Å²) >= 11 is 0. The van der Waals surface area contributed by atoms with E-state index in [-0.39, 0.29) is 18.0 Å². The van der Waals surface area contributed by atoms with Crippen LogP contribution in [0.2, 0.25) is 0 Å². The number of rotatable bonds is 7. The lowest BCUT2D eigenvalue weighted by Gasteiger charge is -2.18. The number of hydrogen-bond acceptors (Lipinski definition) is 3. The number of hydrogen-bond donors (Lipinski definition) is 2. The highest BCUT2D eigenvalue weighted by Crippen LogP contribution is 2.14. The molecule has 1 atom stereocenters. The van der Waals surface area contributed by atoms with Crippen LogP contribution in [0, 0.1) is 0 Å². The Balaban J connectivity index is 1.73. The highest BCUT2D eigenvalue weighted by molar-refractivity contribution is 5.81. The molecule has 1 fully saturated rings. The van der Waals surface area contributed by atoms with E-state index in [1.54, 1.807) is 4.90 Å². The van der Waals surface area contributed by atoms with Crippen LogP contribution in [0.25, 0.3) is 0 Å². The van der Waals surface area contributed by atoms with E-state index in [0.29, 0.717) is 26.1 Å². The average Bonchev–Trinajstić information content (AvgIpc) is 2.87. The fourth-order valence-corrected chi connectivity index (χ4v) is 2.58. The van der Waals surface area contributed by atoms with E-state index in [1.807, 2.05) is 37.4 Å². The number of nitrogens with one attached hydrogen (secondary N) is 2. The quantitative estimate of drug-likeness (QED) is 0.789. The van der Waals surface area contributed by atoms with Gasteiger partial charge in [-0.1, -0.05) is 37.3 Å². The van der Waals surface area contributed by atoms with E-state index in [9.17, 15) is 9.59 Å². The predicted octanol–water partition coefficient (Wildman–Crippen LogP) is 1.04. The Morgan fingerprint density at radius 3 is 2.78 bits per heavy atom. The van der Waals surface area contributed by atoms with Gasteiger partial charge in [-0.15, -0.1) is 0 Å². The zero-order valence-electron chi connectivity index (χ0n) is 13.9. The first-order valence-corrected chi connectivity index (χ1v) is 8.13. The molecule has 0 bridgehead atoms. The second-order valence-electron chi connectivity index (χ2n) is 5.96. The lowest BCUT2D eigenvalue weighted by Crippen LogP contribution is -2.45. The first-order chi connectivity index (χ1) is 11.1. The Hall–Kier alpha value is -2.08. The van der Waals surface area contributed by atoms with Crippen LogP contribution in [0.5, 0.6) is 0 Å². The smallest absolute Gasteiger partial charge is 0.315 e. The van der Waals surface area contributed by atoms with Crippen molar-refractivity contribution in [3.63, 3.8) is 0 Å². The summed E-state index contributed by atoms with van der Waals surface area (Å²) in [6.07, 6.45) is 0.370. The minimum Gasteiger partial charge on any atom is -0.337 e. The van der Waals surface area contributed by atoms with Gasteiger partial charge in [-0.25, -0.2) is 4.79 Å². The molecule has 23 heavy (non-hydrogen) atoms. The number of benzene rings is 1. The Kier molecular flexibility index (Phi) is 6.40. The SMILES string of the molecule is CCN(C)CCNC(=O)N[C@@H]1CC(=O)N(Cc2ccccc2)C1. The number of carbonyl (C=O) groups excluding carboxylic acids is 2. The van der Waals surface area contributed by atoms with Gasteiger partial charge in [-0.3, -0.25) is 4.79 Å². The van der Waals surface area contributed by atoms with Crippen LogP contribution < -0.4 is 10.6 Å². The number of carbonyl (C=O) groups is 2. The molecule has 6 heteroatoms. The first kappa shape index (κ1) is 17.3. The van der Waals surface area contributed by atoms with Gasteiger partial charge in [0.05, 0.1) is 6.04 Å². The summed E-state index contributed by atoms with van der Waals surface area (Å²) in [4.78, 5) is 27.9. The van der Waals surface area contributed by atoms with Crippen LogP contribution in [-0.2, 0) is 11.3 Å². The van der Waals surface area contributed by atoms with E-state index in [2.05, 4.69) is 22.5 Å². The van der Waals surface area contributed by atoms with Gasteiger partial charge in [-0.2, -0.15) is 0 Å². The van der Waals surface area contributed by atoms with Crippen molar-refractivity contribution in [1.82, 2.24) is 20.4 Å². The third-order valence-electron chi connectivity index (χ3n) is 4.08. The van der Waals surface area contributed by atoms with Crippen molar-refractivity contribution in [1.29, 1.82) is 0 Å². The van der Waals surface area contributed by atoms with Crippen LogP contribution in [0.1, 0.15) is 18.9 Å². The number of nitrogens with zero attached hydrogens (tertiary/aromatic N) is 2. The Morgan fingerprint density at radius 2 is 2.09 bits per heavy atom. The zero-order chi connectivity index (χ0) is 16.7. The van der Waals surface area contributed by atoms with Crippen LogP contribution in [0.4, 0.5) is 4.79 Å². The Bertz CT molecular complexity index is 521. The van der Waals surface area contributed by atoms with Crippen molar-refractivity contribution in [3.8, 4) is 0 Å². The first-order valence-electron chi connectivity index (χ1n) is 8.13. The summed E-state index contributed by atoms with van der Waals surface area (Å²) in [5.74, 6) is 0.0878. The van der Waals surface area contributed by atoms with E-state index in [0.717, 1.165) is 18.7 Å². The van der Waals surface area contributed by atoms with Crippen molar-refractivity contribution in [3.05, 3.63) is 35.9 Å². The van der Waals surface area contributed by atoms with Gasteiger partial charge in [0.1, 0.15) is 0 Å². The Labute approximate surface area is 137 Å². The summed E-state index contributed by atoms with van der Waals surface area (Å²) in [6, 6.07) is 9.58. The topological polar surface area (TPSA) is 64.7 Å². The standard InChI is InChI=1S/C17H26N4O2/c1-3-20(2)10-9-18-17(23)19-15-11-16(22)21(13-15)12-14-7-5-4-6-8-14/h4-8,15H,3,9-13H2,1-2H3,(H2,18,19,23)/t15-/m1/s1. The molecule has 126 valence electrons. The molecule has 0 saturated carbocycles. The van der Waals surface area contributed by atoms with Crippen LogP contribution in [-0.4, -0.2) is 61.0 Å². The minimum absolute atomic E-state index is 0.0878. The molecule has 0 unspecified atom stereocenters. The monoisotopic (exact) mass is 318 g/mol. The fraction of sp³-hybridized carbons (Fsp3) is 0.529. The molecule has 6 nitrogen and oxygen atoms in total. The maximum absolute atomic E-state index is 12.1. The van der Waals surface area contributed by atoms with Crippen molar-refractivity contribution >= 4 is 11.9 Å². The zero-order valence-corrected chi connectivity index (χ0v) is 13.9. The third-order valence-corrected chi connectivity index (χ3v) is 4.08. The normalized spacial score (nSPS) is 17.6. The summed E-state index contributed by atoms with van der Waals surface area (Å²) in [6.45, 7) is 5.61. The number of amides is 3. The van der Waals surface area contributed by atoms with Crippen molar-refractivity contribution in [2.75, 3.05) is 33.2 Å². The third kappa shape index (κ3) is 5.56. The summed E-state index contributed by atoms with van der Waals surface area (Å²) in [5.41, 5.74) is 1.11. The fourth-order valence-electron chi connectivity index (χ4n) is 2.58. The highest BCUT2D eigenvalue weighted by Gasteiger charge is 2.30. The molecule has 2 rings (SSSR count). The molecule has 1 aromatic carbocycles. The molecule has 1 aromatic rings. The molecular formula is C17H26N4O2. The van der Waals surface area contributed by atoms with Crippen molar-refractivity contribution in [2.24, 2.45) is 0 Å². The van der Waals surface area contributed by atoms with E-state index in [1.165, 1.54) is 0 Å². The van der Waals surface area contributed by atoms with Crippen LogP contribution >= 0.6 is 0 Å². The second-order valence-corrected chi connectivity index (χ2v) is 5.96. The summed E-state index contributed by atoms with van der Waals surface area (Å²) < 4.78 is 0. The van der Waals surface area contributed by atoms with Gasteiger partial charge in [-0.05, 0) is 19.2 Å². The van der Waals surface area contributed by atoms with Gasteiger partial charge in [0.25, 0.3) is 0 Å². The molecule has 2 N–H and O–H groups in total. The van der Waals surface area contributed by atoms with Crippen LogP contribution in [0.15, 0.2) is 30.3 Å². The molecule has 0 aromatic heterocycles. The maximum atomic E-state index is 12.1. The molecule has 1 aliphatic heterocycles.